The molecule has 0 aliphatic carbocycles. The molecule has 1 aromatic carbocycles. The fourth-order valence-electron chi connectivity index (χ4n) is 6.56. The first-order valence-corrected chi connectivity index (χ1v) is 8.95. The van der Waals surface area contributed by atoms with Crippen LogP contribution in [0.5, 0.6) is 5.75 Å². The Kier molecular flexibility index (Phi) is 2.27. The molecule has 1 amide bonds. The largest absolute Gasteiger partial charge is 0.485 e. The molecule has 130 valence electrons. The first kappa shape index (κ1) is 14.1. The molecule has 5 atom stereocenters. The third-order valence-electron chi connectivity index (χ3n) is 7.23. The minimum Gasteiger partial charge on any atom is -0.485 e. The zero-order valence-electron chi connectivity index (χ0n) is 14.0. The lowest BCUT2D eigenvalue weighted by Crippen LogP contribution is -2.65. The minimum absolute atomic E-state index is 0.124. The third-order valence-corrected chi connectivity index (χ3v) is 7.23. The monoisotopic (exact) mass is 341 g/mol. The standard InChI is InChI=1S/C19H19NO5/c1-23-16(22)18-10-11-6-7-14(21)20-9-8-17(19(11,20)25-18)12-4-2-3-5-13(12)24-15(17)18/h2-5,11,15H,6-10H2,1H3/t11-,15+,17-,18+,19-/m0/s1. The van der Waals surface area contributed by atoms with E-state index in [1.165, 1.54) is 7.11 Å². The number of amides is 1. The molecule has 6 heteroatoms. The number of carbonyl (C=O) groups is 2. The molecule has 25 heavy (non-hydrogen) atoms. The SMILES string of the molecule is COC(=O)[C@@]12C[C@@H]3CCC(=O)N4CC[C@@]5(c6ccccc6O[C@@H]15)[C@@]34O2. The molecule has 6 nitrogen and oxygen atoms in total. The molecule has 0 aromatic heterocycles. The number of para-hydroxylation sites is 1. The van der Waals surface area contributed by atoms with Crippen LogP contribution in [0.15, 0.2) is 24.3 Å². The summed E-state index contributed by atoms with van der Waals surface area (Å²) in [6.07, 6.45) is 2.16. The van der Waals surface area contributed by atoms with Crippen molar-refractivity contribution >= 4 is 11.9 Å². The van der Waals surface area contributed by atoms with Gasteiger partial charge in [0, 0.05) is 24.4 Å². The number of carbonyl (C=O) groups excluding carboxylic acids is 2. The van der Waals surface area contributed by atoms with Crippen LogP contribution in [0.25, 0.3) is 0 Å². The number of hydrogen-bond donors (Lipinski definition) is 0. The van der Waals surface area contributed by atoms with Crippen LogP contribution in [0, 0.1) is 5.92 Å². The number of piperidine rings is 1. The molecule has 4 saturated heterocycles. The van der Waals surface area contributed by atoms with Crippen molar-refractivity contribution in [2.75, 3.05) is 13.7 Å². The van der Waals surface area contributed by atoms with E-state index in [-0.39, 0.29) is 17.8 Å². The fourth-order valence-corrected chi connectivity index (χ4v) is 6.56. The van der Waals surface area contributed by atoms with Crippen LogP contribution in [-0.4, -0.2) is 47.9 Å². The molecule has 2 bridgehead atoms. The Morgan fingerprint density at radius 2 is 2.20 bits per heavy atom. The summed E-state index contributed by atoms with van der Waals surface area (Å²) < 4.78 is 18.1. The summed E-state index contributed by atoms with van der Waals surface area (Å²) in [6.45, 7) is 0.654. The van der Waals surface area contributed by atoms with Crippen LogP contribution >= 0.6 is 0 Å². The summed E-state index contributed by atoms with van der Waals surface area (Å²) in [5.41, 5.74) is -1.29. The molecule has 4 fully saturated rings. The maximum absolute atomic E-state index is 12.9. The molecule has 0 radical (unpaired) electrons. The second-order valence-electron chi connectivity index (χ2n) is 7.88. The number of nitrogens with zero attached hydrogens (tertiary/aromatic N) is 1. The van der Waals surface area contributed by atoms with E-state index in [0.29, 0.717) is 19.4 Å². The van der Waals surface area contributed by atoms with E-state index in [1.54, 1.807) is 0 Å². The van der Waals surface area contributed by atoms with Crippen molar-refractivity contribution in [1.29, 1.82) is 0 Å². The van der Waals surface area contributed by atoms with Crippen molar-refractivity contribution in [3.63, 3.8) is 0 Å². The lowest BCUT2D eigenvalue weighted by molar-refractivity contribution is -0.196. The van der Waals surface area contributed by atoms with Gasteiger partial charge in [-0.2, -0.15) is 0 Å². The molecular formula is C19H19NO5. The molecule has 2 spiro atoms. The van der Waals surface area contributed by atoms with Crippen molar-refractivity contribution in [1.82, 2.24) is 4.90 Å². The second kappa shape index (κ2) is 4.01. The Morgan fingerprint density at radius 3 is 3.04 bits per heavy atom. The van der Waals surface area contributed by atoms with Crippen molar-refractivity contribution in [3.8, 4) is 5.75 Å². The smallest absolute Gasteiger partial charge is 0.342 e. The van der Waals surface area contributed by atoms with Crippen LogP contribution in [0.3, 0.4) is 0 Å². The van der Waals surface area contributed by atoms with E-state index in [9.17, 15) is 9.59 Å². The molecule has 1 aromatic rings. The number of methoxy groups -OCH3 is 1. The third kappa shape index (κ3) is 1.18. The number of esters is 1. The number of ether oxygens (including phenoxy) is 3. The lowest BCUT2D eigenvalue weighted by Gasteiger charge is -2.49. The van der Waals surface area contributed by atoms with E-state index in [4.69, 9.17) is 14.2 Å². The summed E-state index contributed by atoms with van der Waals surface area (Å²) in [5, 5.41) is 0. The first-order valence-electron chi connectivity index (χ1n) is 8.95. The maximum Gasteiger partial charge on any atom is 0.342 e. The van der Waals surface area contributed by atoms with Crippen LogP contribution in [-0.2, 0) is 24.5 Å². The first-order chi connectivity index (χ1) is 12.1. The van der Waals surface area contributed by atoms with Gasteiger partial charge < -0.3 is 19.1 Å². The molecule has 0 saturated carbocycles. The van der Waals surface area contributed by atoms with Gasteiger partial charge >= 0.3 is 5.97 Å². The average Bonchev–Trinajstić information content (AvgIpc) is 3.31. The Hall–Kier alpha value is -2.08. The van der Waals surface area contributed by atoms with Crippen molar-refractivity contribution in [2.24, 2.45) is 5.92 Å². The van der Waals surface area contributed by atoms with E-state index < -0.39 is 22.8 Å². The zero-order valence-corrected chi connectivity index (χ0v) is 14.0. The summed E-state index contributed by atoms with van der Waals surface area (Å²) >= 11 is 0. The van der Waals surface area contributed by atoms with Crippen LogP contribution in [0.1, 0.15) is 31.2 Å². The topological polar surface area (TPSA) is 65.1 Å². The number of benzene rings is 1. The number of fused-ring (bicyclic) bond motifs is 3. The van der Waals surface area contributed by atoms with Crippen molar-refractivity contribution < 1.29 is 23.8 Å². The molecule has 6 rings (SSSR count). The lowest BCUT2D eigenvalue weighted by atomic mass is 9.57. The quantitative estimate of drug-likeness (QED) is 0.722. The van der Waals surface area contributed by atoms with Crippen LogP contribution in [0.2, 0.25) is 0 Å². The van der Waals surface area contributed by atoms with Crippen LogP contribution in [0.4, 0.5) is 0 Å². The van der Waals surface area contributed by atoms with Gasteiger partial charge in [0.25, 0.3) is 0 Å². The summed E-state index contributed by atoms with van der Waals surface area (Å²) in [4.78, 5) is 27.5. The van der Waals surface area contributed by atoms with Gasteiger partial charge in [-0.15, -0.1) is 0 Å². The predicted molar refractivity (Wildman–Crippen MR) is 84.8 cm³/mol. The highest BCUT2D eigenvalue weighted by molar-refractivity contribution is 5.86. The van der Waals surface area contributed by atoms with Gasteiger partial charge in [-0.1, -0.05) is 18.2 Å². The molecule has 5 heterocycles. The highest BCUT2D eigenvalue weighted by Gasteiger charge is 2.88. The summed E-state index contributed by atoms with van der Waals surface area (Å²) in [5.74, 6) is 0.691. The molecule has 5 aliphatic rings. The normalized spacial score (nSPS) is 45.0. The molecular weight excluding hydrogens is 322 g/mol. The van der Waals surface area contributed by atoms with Gasteiger partial charge in [0.05, 0.1) is 12.5 Å². The Labute approximate surface area is 145 Å². The average molecular weight is 341 g/mol. The number of hydrogen-bond acceptors (Lipinski definition) is 5. The predicted octanol–water partition coefficient (Wildman–Crippen LogP) is 1.37. The van der Waals surface area contributed by atoms with E-state index in [2.05, 4.69) is 6.07 Å². The Morgan fingerprint density at radius 1 is 1.36 bits per heavy atom. The zero-order chi connectivity index (χ0) is 17.0. The Bertz CT molecular complexity index is 839. The van der Waals surface area contributed by atoms with E-state index in [0.717, 1.165) is 24.2 Å². The fraction of sp³-hybridized carbons (Fsp3) is 0.579. The van der Waals surface area contributed by atoms with E-state index in [1.807, 2.05) is 23.1 Å². The minimum atomic E-state index is -1.12. The summed E-state index contributed by atoms with van der Waals surface area (Å²) in [7, 11) is 1.39. The summed E-state index contributed by atoms with van der Waals surface area (Å²) in [6, 6.07) is 7.96. The van der Waals surface area contributed by atoms with Gasteiger partial charge in [-0.3, -0.25) is 4.79 Å². The second-order valence-corrected chi connectivity index (χ2v) is 7.88. The van der Waals surface area contributed by atoms with E-state index >= 15 is 0 Å². The highest BCUT2D eigenvalue weighted by Crippen LogP contribution is 2.74. The number of rotatable bonds is 1. The molecule has 0 unspecified atom stereocenters. The molecule has 0 N–H and O–H groups in total. The van der Waals surface area contributed by atoms with Gasteiger partial charge in [0.2, 0.25) is 11.5 Å². The van der Waals surface area contributed by atoms with Crippen molar-refractivity contribution in [3.05, 3.63) is 29.8 Å². The Balaban J connectivity index is 1.66. The maximum atomic E-state index is 12.9. The van der Waals surface area contributed by atoms with Gasteiger partial charge in [-0.25, -0.2) is 4.79 Å². The van der Waals surface area contributed by atoms with Gasteiger partial charge in [0.1, 0.15) is 5.75 Å². The van der Waals surface area contributed by atoms with Crippen LogP contribution < -0.4 is 4.74 Å². The van der Waals surface area contributed by atoms with Gasteiger partial charge in [0.15, 0.2) is 11.8 Å². The highest BCUT2D eigenvalue weighted by atomic mass is 16.6. The molecule has 5 aliphatic heterocycles. The van der Waals surface area contributed by atoms with Gasteiger partial charge in [-0.05, 0) is 25.3 Å². The van der Waals surface area contributed by atoms with Crippen molar-refractivity contribution in [2.45, 2.75) is 48.5 Å².